The number of benzene rings is 1. The zero-order valence-corrected chi connectivity index (χ0v) is 11.3. The number of imidazole rings is 2. The summed E-state index contributed by atoms with van der Waals surface area (Å²) in [6, 6.07) is 5.43. The minimum absolute atomic E-state index is 0.0305. The molecule has 0 aliphatic carbocycles. The Balaban J connectivity index is 2.43. The molecule has 0 amide bonds. The number of hydrogen-bond acceptors (Lipinski definition) is 2. The number of aromatic nitrogens is 3. The molecule has 3 rings (SSSR count). The summed E-state index contributed by atoms with van der Waals surface area (Å²) < 4.78 is 3.78. The molecule has 98 valence electrons. The van der Waals surface area contributed by atoms with Crippen molar-refractivity contribution >= 4 is 34.4 Å². The molecule has 0 spiro atoms. The third-order valence-corrected chi connectivity index (χ3v) is 3.64. The Kier molecular flexibility index (Phi) is 2.53. The van der Waals surface area contributed by atoms with Crippen molar-refractivity contribution in [3.63, 3.8) is 0 Å². The number of fused-ring (bicyclic) bond motifs is 3. The van der Waals surface area contributed by atoms with Crippen LogP contribution in [0.4, 0.5) is 0 Å². The van der Waals surface area contributed by atoms with Gasteiger partial charge in [0, 0.05) is 17.8 Å². The molecule has 2 heterocycles. The molecule has 1 N–H and O–H groups in total. The van der Waals surface area contributed by atoms with Gasteiger partial charge in [-0.25, -0.2) is 4.98 Å². The van der Waals surface area contributed by atoms with Crippen LogP contribution in [0, 0.1) is 6.92 Å². The summed E-state index contributed by atoms with van der Waals surface area (Å²) >= 11 is 5.96. The fourth-order valence-corrected chi connectivity index (χ4v) is 2.55. The van der Waals surface area contributed by atoms with Gasteiger partial charge in [-0.2, -0.15) is 0 Å². The average Bonchev–Trinajstić information content (AvgIpc) is 2.80. The molecule has 5 nitrogen and oxygen atoms in total. The summed E-state index contributed by atoms with van der Waals surface area (Å²) in [5.74, 6) is -0.127. The number of carboxylic acids is 1. The highest BCUT2D eigenvalue weighted by atomic mass is 35.5. The molecular formula is C13H12ClN3O2. The number of aliphatic carboxylic acids is 1. The summed E-state index contributed by atoms with van der Waals surface area (Å²) in [7, 11) is 1.88. The van der Waals surface area contributed by atoms with Gasteiger partial charge in [-0.1, -0.05) is 11.6 Å². The number of carbonyl (C=O) groups is 1. The molecule has 0 fully saturated rings. The van der Waals surface area contributed by atoms with Crippen LogP contribution in [0.15, 0.2) is 18.2 Å². The van der Waals surface area contributed by atoms with E-state index in [2.05, 4.69) is 4.98 Å². The van der Waals surface area contributed by atoms with Crippen molar-refractivity contribution in [1.82, 2.24) is 14.0 Å². The predicted octanol–water partition coefficient (Wildman–Crippen LogP) is 2.41. The Morgan fingerprint density at radius 1 is 1.47 bits per heavy atom. The van der Waals surface area contributed by atoms with Crippen molar-refractivity contribution < 1.29 is 9.90 Å². The van der Waals surface area contributed by atoms with Crippen LogP contribution in [0.5, 0.6) is 0 Å². The number of nitrogens with zero attached hydrogens (tertiary/aromatic N) is 3. The van der Waals surface area contributed by atoms with Gasteiger partial charge in [-0.15, -0.1) is 0 Å². The molecule has 3 aromatic rings. The van der Waals surface area contributed by atoms with E-state index in [9.17, 15) is 4.79 Å². The van der Waals surface area contributed by atoms with Gasteiger partial charge >= 0.3 is 5.97 Å². The molecule has 2 aromatic heterocycles. The minimum atomic E-state index is -0.855. The first-order valence-electron chi connectivity index (χ1n) is 5.82. The van der Waals surface area contributed by atoms with E-state index in [-0.39, 0.29) is 6.42 Å². The topological polar surface area (TPSA) is 59.5 Å². The molecule has 19 heavy (non-hydrogen) atoms. The lowest BCUT2D eigenvalue weighted by atomic mass is 10.2. The molecule has 0 radical (unpaired) electrons. The Bertz CT molecular complexity index is 816. The molecule has 0 atom stereocenters. The van der Waals surface area contributed by atoms with Crippen molar-refractivity contribution in [1.29, 1.82) is 0 Å². The normalized spacial score (nSPS) is 11.5. The first kappa shape index (κ1) is 12.0. The van der Waals surface area contributed by atoms with Crippen LogP contribution in [0.3, 0.4) is 0 Å². The first-order chi connectivity index (χ1) is 8.99. The molecule has 0 bridgehead atoms. The van der Waals surface area contributed by atoms with Crippen LogP contribution in [0.25, 0.3) is 16.8 Å². The van der Waals surface area contributed by atoms with Crippen LogP contribution < -0.4 is 0 Å². The van der Waals surface area contributed by atoms with Crippen molar-refractivity contribution in [3.05, 3.63) is 34.6 Å². The lowest BCUT2D eigenvalue weighted by Gasteiger charge is -2.00. The maximum Gasteiger partial charge on any atom is 0.309 e. The van der Waals surface area contributed by atoms with E-state index in [1.54, 1.807) is 12.1 Å². The van der Waals surface area contributed by atoms with Crippen molar-refractivity contribution in [3.8, 4) is 0 Å². The average molecular weight is 278 g/mol. The minimum Gasteiger partial charge on any atom is -0.481 e. The highest BCUT2D eigenvalue weighted by Gasteiger charge is 2.18. The highest BCUT2D eigenvalue weighted by Crippen LogP contribution is 2.25. The maximum absolute atomic E-state index is 11.0. The van der Waals surface area contributed by atoms with E-state index in [1.165, 1.54) is 0 Å². The summed E-state index contributed by atoms with van der Waals surface area (Å²) in [6.07, 6.45) is -0.0305. The van der Waals surface area contributed by atoms with Crippen molar-refractivity contribution in [2.45, 2.75) is 13.3 Å². The van der Waals surface area contributed by atoms with Gasteiger partial charge in [-0.05, 0) is 25.1 Å². The molecule has 0 aliphatic rings. The molecule has 1 aromatic carbocycles. The van der Waals surface area contributed by atoms with Gasteiger partial charge in [0.15, 0.2) is 0 Å². The van der Waals surface area contributed by atoms with Gasteiger partial charge in [-0.3, -0.25) is 9.20 Å². The lowest BCUT2D eigenvalue weighted by Crippen LogP contribution is -2.04. The molecular weight excluding hydrogens is 266 g/mol. The number of carboxylic acid groups (broad SMARTS) is 1. The van der Waals surface area contributed by atoms with Crippen LogP contribution >= 0.6 is 11.6 Å². The van der Waals surface area contributed by atoms with E-state index in [1.807, 2.05) is 29.0 Å². The maximum atomic E-state index is 11.0. The Morgan fingerprint density at radius 2 is 2.21 bits per heavy atom. The van der Waals surface area contributed by atoms with Gasteiger partial charge in [0.1, 0.15) is 0 Å². The van der Waals surface area contributed by atoms with E-state index in [4.69, 9.17) is 16.7 Å². The second kappa shape index (κ2) is 3.99. The van der Waals surface area contributed by atoms with Gasteiger partial charge < -0.3 is 9.67 Å². The van der Waals surface area contributed by atoms with Gasteiger partial charge in [0.2, 0.25) is 5.78 Å². The molecule has 0 aliphatic heterocycles. The van der Waals surface area contributed by atoms with Gasteiger partial charge in [0.05, 0.1) is 23.1 Å². The number of aryl methyl sites for hydroxylation is 1. The van der Waals surface area contributed by atoms with Crippen LogP contribution in [0.2, 0.25) is 5.02 Å². The number of hydrogen-bond donors (Lipinski definition) is 1. The van der Waals surface area contributed by atoms with Crippen molar-refractivity contribution in [2.24, 2.45) is 7.05 Å². The van der Waals surface area contributed by atoms with E-state index in [0.717, 1.165) is 28.2 Å². The highest BCUT2D eigenvalue weighted by molar-refractivity contribution is 6.31. The Morgan fingerprint density at radius 3 is 2.89 bits per heavy atom. The second-order valence-electron chi connectivity index (χ2n) is 4.54. The van der Waals surface area contributed by atoms with E-state index in [0.29, 0.717) is 5.02 Å². The van der Waals surface area contributed by atoms with Crippen LogP contribution in [-0.2, 0) is 18.3 Å². The van der Waals surface area contributed by atoms with E-state index < -0.39 is 5.97 Å². The third-order valence-electron chi connectivity index (χ3n) is 3.41. The van der Waals surface area contributed by atoms with Crippen LogP contribution in [0.1, 0.15) is 11.4 Å². The quantitative estimate of drug-likeness (QED) is 0.782. The largest absolute Gasteiger partial charge is 0.481 e. The van der Waals surface area contributed by atoms with Crippen LogP contribution in [-0.4, -0.2) is 25.0 Å². The van der Waals surface area contributed by atoms with Crippen molar-refractivity contribution in [2.75, 3.05) is 0 Å². The fourth-order valence-electron chi connectivity index (χ4n) is 2.39. The summed E-state index contributed by atoms with van der Waals surface area (Å²) in [5, 5.41) is 9.67. The summed E-state index contributed by atoms with van der Waals surface area (Å²) in [5.41, 5.74) is 3.29. The lowest BCUT2D eigenvalue weighted by molar-refractivity contribution is -0.136. The van der Waals surface area contributed by atoms with E-state index >= 15 is 0 Å². The molecule has 6 heteroatoms. The Hall–Kier alpha value is -2.01. The standard InChI is InChI=1S/C13H12ClN3O2/c1-7-11(6-12(18)19)17-10-4-3-8(14)5-9(10)15-13(17)16(7)2/h3-5H,6H2,1-2H3,(H,18,19). The summed E-state index contributed by atoms with van der Waals surface area (Å²) in [4.78, 5) is 15.5. The SMILES string of the molecule is Cc1c(CC(=O)O)n2c3ccc(Cl)cc3nc2n1C. The number of rotatable bonds is 2. The first-order valence-corrected chi connectivity index (χ1v) is 6.20. The summed E-state index contributed by atoms with van der Waals surface area (Å²) in [6.45, 7) is 1.90. The third kappa shape index (κ3) is 1.69. The zero-order chi connectivity index (χ0) is 13.7. The monoisotopic (exact) mass is 277 g/mol. The molecule has 0 saturated carbocycles. The van der Waals surface area contributed by atoms with Gasteiger partial charge in [0.25, 0.3) is 0 Å². The Labute approximate surface area is 114 Å². The second-order valence-corrected chi connectivity index (χ2v) is 4.98. The molecule has 0 unspecified atom stereocenters. The molecule has 0 saturated heterocycles. The predicted molar refractivity (Wildman–Crippen MR) is 72.8 cm³/mol. The fraction of sp³-hybridized carbons (Fsp3) is 0.231. The zero-order valence-electron chi connectivity index (χ0n) is 10.5. The smallest absolute Gasteiger partial charge is 0.309 e. The number of halogens is 1.